The summed E-state index contributed by atoms with van der Waals surface area (Å²) in [6, 6.07) is 6.00. The molecule has 0 saturated carbocycles. The van der Waals surface area contributed by atoms with Gasteiger partial charge >= 0.3 is 0 Å². The Balaban J connectivity index is 2.16. The highest BCUT2D eigenvalue weighted by atomic mass is 79.9. The zero-order valence-electron chi connectivity index (χ0n) is 9.71. The molecule has 1 aromatic carbocycles. The number of non-ortho nitro benzene ring substituents is 1. The van der Waals surface area contributed by atoms with E-state index in [1.165, 1.54) is 24.3 Å². The first-order valence-electron chi connectivity index (χ1n) is 5.75. The number of halogens is 1. The van der Waals surface area contributed by atoms with Gasteiger partial charge < -0.3 is 4.90 Å². The molecule has 1 aliphatic rings. The molecule has 0 radical (unpaired) electrons. The van der Waals surface area contributed by atoms with Crippen LogP contribution >= 0.6 is 15.9 Å². The zero-order chi connectivity index (χ0) is 13.1. The number of hydrogen-bond acceptors (Lipinski definition) is 3. The van der Waals surface area contributed by atoms with Gasteiger partial charge in [0.2, 0.25) is 0 Å². The highest BCUT2D eigenvalue weighted by molar-refractivity contribution is 9.09. The second-order valence-electron chi connectivity index (χ2n) is 4.25. The van der Waals surface area contributed by atoms with Gasteiger partial charge in [-0.05, 0) is 25.0 Å². The zero-order valence-corrected chi connectivity index (χ0v) is 11.3. The van der Waals surface area contributed by atoms with E-state index in [1.54, 1.807) is 0 Å². The fourth-order valence-electron chi connectivity index (χ4n) is 2.16. The average Bonchev–Trinajstić information content (AvgIpc) is 2.86. The maximum atomic E-state index is 12.2. The van der Waals surface area contributed by atoms with Gasteiger partial charge in [-0.3, -0.25) is 14.9 Å². The minimum Gasteiger partial charge on any atom is -0.335 e. The molecule has 0 aromatic heterocycles. The summed E-state index contributed by atoms with van der Waals surface area (Å²) in [5, 5.41) is 11.3. The predicted molar refractivity (Wildman–Crippen MR) is 70.9 cm³/mol. The molecule has 18 heavy (non-hydrogen) atoms. The number of carbonyl (C=O) groups excluding carboxylic acids is 1. The standard InChI is InChI=1S/C12H13BrN2O3/c13-8-11-2-1-7-14(11)12(16)9-3-5-10(6-4-9)15(17)18/h3-6,11H,1-2,7-8H2. The first-order chi connectivity index (χ1) is 8.63. The van der Waals surface area contributed by atoms with Gasteiger partial charge in [0, 0.05) is 35.6 Å². The summed E-state index contributed by atoms with van der Waals surface area (Å²) in [6.45, 7) is 0.756. The Morgan fingerprint density at radius 3 is 2.67 bits per heavy atom. The molecule has 0 bridgehead atoms. The lowest BCUT2D eigenvalue weighted by atomic mass is 10.1. The third-order valence-electron chi connectivity index (χ3n) is 3.14. The van der Waals surface area contributed by atoms with E-state index >= 15 is 0 Å². The summed E-state index contributed by atoms with van der Waals surface area (Å²) in [5.74, 6) is -0.0492. The van der Waals surface area contributed by atoms with Crippen LogP contribution in [0.3, 0.4) is 0 Å². The Hall–Kier alpha value is -1.43. The van der Waals surface area contributed by atoms with Gasteiger partial charge in [-0.2, -0.15) is 0 Å². The van der Waals surface area contributed by atoms with E-state index in [0.717, 1.165) is 24.7 Å². The molecule has 1 saturated heterocycles. The van der Waals surface area contributed by atoms with Crippen LogP contribution in [-0.4, -0.2) is 33.6 Å². The third kappa shape index (κ3) is 2.53. The van der Waals surface area contributed by atoms with Crippen LogP contribution in [0.2, 0.25) is 0 Å². The minimum atomic E-state index is -0.467. The number of hydrogen-bond donors (Lipinski definition) is 0. The van der Waals surface area contributed by atoms with Gasteiger partial charge in [0.1, 0.15) is 0 Å². The van der Waals surface area contributed by atoms with Crippen LogP contribution in [-0.2, 0) is 0 Å². The smallest absolute Gasteiger partial charge is 0.269 e. The molecule has 1 amide bonds. The van der Waals surface area contributed by atoms with Crippen LogP contribution in [0.5, 0.6) is 0 Å². The quantitative estimate of drug-likeness (QED) is 0.489. The molecule has 1 fully saturated rings. The van der Waals surface area contributed by atoms with E-state index < -0.39 is 4.92 Å². The number of rotatable bonds is 3. The van der Waals surface area contributed by atoms with Crippen LogP contribution in [0.1, 0.15) is 23.2 Å². The second kappa shape index (κ2) is 5.48. The van der Waals surface area contributed by atoms with Crippen LogP contribution in [0, 0.1) is 10.1 Å². The van der Waals surface area contributed by atoms with Gasteiger partial charge in [0.15, 0.2) is 0 Å². The fraction of sp³-hybridized carbons (Fsp3) is 0.417. The fourth-order valence-corrected chi connectivity index (χ4v) is 2.83. The molecule has 2 rings (SSSR count). The van der Waals surface area contributed by atoms with E-state index in [0.29, 0.717) is 5.56 Å². The molecule has 1 unspecified atom stereocenters. The lowest BCUT2D eigenvalue weighted by molar-refractivity contribution is -0.384. The lowest BCUT2D eigenvalue weighted by Crippen LogP contribution is -2.36. The Morgan fingerprint density at radius 1 is 1.44 bits per heavy atom. The monoisotopic (exact) mass is 312 g/mol. The topological polar surface area (TPSA) is 63.4 Å². The van der Waals surface area contributed by atoms with Crippen LogP contribution in [0.15, 0.2) is 24.3 Å². The predicted octanol–water partition coefficient (Wildman–Crippen LogP) is 2.59. The molecule has 0 N–H and O–H groups in total. The molecule has 1 atom stereocenters. The van der Waals surface area contributed by atoms with Gasteiger partial charge in [-0.25, -0.2) is 0 Å². The molecule has 6 heteroatoms. The summed E-state index contributed by atoms with van der Waals surface area (Å²) in [4.78, 5) is 24.1. The molecular weight excluding hydrogens is 300 g/mol. The van der Waals surface area contributed by atoms with Crippen molar-refractivity contribution in [2.24, 2.45) is 0 Å². The largest absolute Gasteiger partial charge is 0.335 e. The van der Waals surface area contributed by atoms with Crippen LogP contribution < -0.4 is 0 Å². The van der Waals surface area contributed by atoms with E-state index in [1.807, 2.05) is 4.90 Å². The van der Waals surface area contributed by atoms with Crippen molar-refractivity contribution in [3.05, 3.63) is 39.9 Å². The molecule has 0 aliphatic carbocycles. The lowest BCUT2D eigenvalue weighted by Gasteiger charge is -2.23. The van der Waals surface area contributed by atoms with Gasteiger partial charge in [-0.15, -0.1) is 0 Å². The summed E-state index contributed by atoms with van der Waals surface area (Å²) in [5.41, 5.74) is 0.512. The number of carbonyl (C=O) groups is 1. The minimum absolute atomic E-state index is 0.00464. The molecule has 1 aromatic rings. The number of likely N-dealkylation sites (tertiary alicyclic amines) is 1. The van der Waals surface area contributed by atoms with E-state index in [-0.39, 0.29) is 17.6 Å². The molecule has 1 heterocycles. The first kappa shape index (κ1) is 13.0. The average molecular weight is 313 g/mol. The maximum Gasteiger partial charge on any atom is 0.269 e. The third-order valence-corrected chi connectivity index (χ3v) is 3.89. The summed E-state index contributed by atoms with van der Waals surface area (Å²) in [7, 11) is 0. The molecule has 5 nitrogen and oxygen atoms in total. The summed E-state index contributed by atoms with van der Waals surface area (Å²) >= 11 is 3.40. The van der Waals surface area contributed by atoms with Crippen molar-refractivity contribution < 1.29 is 9.72 Å². The first-order valence-corrected chi connectivity index (χ1v) is 6.87. The van der Waals surface area contributed by atoms with Crippen molar-refractivity contribution in [2.75, 3.05) is 11.9 Å². The second-order valence-corrected chi connectivity index (χ2v) is 4.90. The van der Waals surface area contributed by atoms with Crippen molar-refractivity contribution in [3.63, 3.8) is 0 Å². The van der Waals surface area contributed by atoms with E-state index in [9.17, 15) is 14.9 Å². The van der Waals surface area contributed by atoms with Crippen molar-refractivity contribution in [1.82, 2.24) is 4.90 Å². The highest BCUT2D eigenvalue weighted by Gasteiger charge is 2.28. The van der Waals surface area contributed by atoms with Crippen molar-refractivity contribution >= 4 is 27.5 Å². The summed E-state index contributed by atoms with van der Waals surface area (Å²) in [6.07, 6.45) is 2.01. The van der Waals surface area contributed by atoms with Gasteiger partial charge in [0.05, 0.1) is 4.92 Å². The van der Waals surface area contributed by atoms with Crippen LogP contribution in [0.25, 0.3) is 0 Å². The Kier molecular flexibility index (Phi) is 3.96. The van der Waals surface area contributed by atoms with Crippen molar-refractivity contribution in [2.45, 2.75) is 18.9 Å². The van der Waals surface area contributed by atoms with E-state index in [2.05, 4.69) is 15.9 Å². The SMILES string of the molecule is O=C(c1ccc([N+](=O)[O-])cc1)N1CCCC1CBr. The Bertz CT molecular complexity index is 461. The Labute approximate surface area is 113 Å². The molecule has 0 spiro atoms. The van der Waals surface area contributed by atoms with Crippen LogP contribution in [0.4, 0.5) is 5.69 Å². The number of alkyl halides is 1. The highest BCUT2D eigenvalue weighted by Crippen LogP contribution is 2.22. The van der Waals surface area contributed by atoms with Gasteiger partial charge in [-0.1, -0.05) is 15.9 Å². The molecule has 1 aliphatic heterocycles. The number of nitro groups is 1. The van der Waals surface area contributed by atoms with Crippen molar-refractivity contribution in [1.29, 1.82) is 0 Å². The maximum absolute atomic E-state index is 12.2. The summed E-state index contributed by atoms with van der Waals surface area (Å²) < 4.78 is 0. The number of nitro benzene ring substituents is 1. The molecular formula is C12H13BrN2O3. The normalized spacial score (nSPS) is 18.9. The molecule has 96 valence electrons. The number of nitrogens with zero attached hydrogens (tertiary/aromatic N) is 2. The van der Waals surface area contributed by atoms with Crippen molar-refractivity contribution in [3.8, 4) is 0 Å². The number of amides is 1. The Morgan fingerprint density at radius 2 is 2.11 bits per heavy atom. The van der Waals surface area contributed by atoms with Gasteiger partial charge in [0.25, 0.3) is 11.6 Å². The number of benzene rings is 1. The van der Waals surface area contributed by atoms with E-state index in [4.69, 9.17) is 0 Å².